The van der Waals surface area contributed by atoms with Gasteiger partial charge >= 0.3 is 0 Å². The van der Waals surface area contributed by atoms with Crippen molar-refractivity contribution in [2.75, 3.05) is 0 Å². The molecule has 0 amide bonds. The topological polar surface area (TPSA) is 0 Å². The maximum Gasteiger partial charge on any atom is 0.0533 e. The zero-order valence-electron chi connectivity index (χ0n) is 21.5. The molecule has 0 spiro atoms. The molecule has 2 aromatic heterocycles. The van der Waals surface area contributed by atoms with E-state index in [4.69, 9.17) is 0 Å². The molecular weight excluding hydrogens is 521 g/mol. The Balaban J connectivity index is 1.39. The molecule has 2 heteroatoms. The molecule has 0 saturated carbocycles. The Labute approximate surface area is 239 Å². The first-order chi connectivity index (χ1) is 19.8. The van der Waals surface area contributed by atoms with Crippen LogP contribution in [-0.4, -0.2) is 0 Å². The van der Waals surface area contributed by atoms with Crippen LogP contribution in [0.2, 0.25) is 0 Å². The molecule has 0 bridgehead atoms. The van der Waals surface area contributed by atoms with Gasteiger partial charge < -0.3 is 0 Å². The zero-order valence-corrected chi connectivity index (χ0v) is 23.2. The van der Waals surface area contributed by atoms with Crippen molar-refractivity contribution in [3.8, 4) is 22.3 Å². The number of fused-ring (bicyclic) bond motifs is 8. The number of hydrogen-bond acceptors (Lipinski definition) is 2. The molecule has 0 aliphatic heterocycles. The molecule has 0 radical (unpaired) electrons. The lowest BCUT2D eigenvalue weighted by Gasteiger charge is -2.17. The van der Waals surface area contributed by atoms with Crippen molar-refractivity contribution in [1.29, 1.82) is 0 Å². The van der Waals surface area contributed by atoms with Crippen molar-refractivity contribution in [1.82, 2.24) is 0 Å². The van der Waals surface area contributed by atoms with E-state index in [1.165, 1.54) is 84.8 Å². The lowest BCUT2D eigenvalue weighted by molar-refractivity contribution is 1.70. The van der Waals surface area contributed by atoms with Crippen LogP contribution < -0.4 is 0 Å². The van der Waals surface area contributed by atoms with Gasteiger partial charge in [0.2, 0.25) is 0 Å². The molecule has 0 fully saturated rings. The van der Waals surface area contributed by atoms with Gasteiger partial charge in [0.05, 0.1) is 9.40 Å². The van der Waals surface area contributed by atoms with Crippen molar-refractivity contribution in [3.05, 3.63) is 133 Å². The molecule has 186 valence electrons. The van der Waals surface area contributed by atoms with Gasteiger partial charge in [-0.15, -0.1) is 22.7 Å². The van der Waals surface area contributed by atoms with E-state index in [0.717, 1.165) is 0 Å². The molecule has 0 aliphatic rings. The van der Waals surface area contributed by atoms with E-state index >= 15 is 0 Å². The van der Waals surface area contributed by atoms with Crippen LogP contribution in [0.3, 0.4) is 0 Å². The Bertz CT molecular complexity index is 2380. The molecule has 2 heterocycles. The summed E-state index contributed by atoms with van der Waals surface area (Å²) in [7, 11) is 0. The van der Waals surface area contributed by atoms with E-state index in [0.29, 0.717) is 0 Å². The second kappa shape index (κ2) is 8.50. The zero-order chi connectivity index (χ0) is 26.2. The SMILES string of the molecule is c1ccc2cc(-c3c4ccccc4c(-c4csc5c4ccc4c6ccccc6sc45)c4ccccc34)ccc2c1. The maximum atomic E-state index is 2.39. The largest absolute Gasteiger partial charge is 0.142 e. The van der Waals surface area contributed by atoms with Crippen LogP contribution in [0.1, 0.15) is 0 Å². The third kappa shape index (κ3) is 3.12. The predicted molar refractivity (Wildman–Crippen MR) is 178 cm³/mol. The lowest BCUT2D eigenvalue weighted by Crippen LogP contribution is -1.90. The van der Waals surface area contributed by atoms with Crippen molar-refractivity contribution in [2.24, 2.45) is 0 Å². The molecule has 0 saturated heterocycles. The second-order valence-electron chi connectivity index (χ2n) is 10.5. The van der Waals surface area contributed by atoms with Crippen molar-refractivity contribution < 1.29 is 0 Å². The summed E-state index contributed by atoms with van der Waals surface area (Å²) in [5, 5.41) is 14.2. The highest BCUT2D eigenvalue weighted by Gasteiger charge is 2.20. The average molecular weight is 543 g/mol. The minimum atomic E-state index is 1.26. The van der Waals surface area contributed by atoms with Gasteiger partial charge in [-0.1, -0.05) is 115 Å². The van der Waals surface area contributed by atoms with Crippen LogP contribution >= 0.6 is 22.7 Å². The number of rotatable bonds is 2. The summed E-state index contributed by atoms with van der Waals surface area (Å²) in [5.41, 5.74) is 5.24. The van der Waals surface area contributed by atoms with Crippen LogP contribution in [0.15, 0.2) is 133 Å². The van der Waals surface area contributed by atoms with Crippen LogP contribution in [0.25, 0.3) is 84.8 Å². The molecule has 0 nitrogen and oxygen atoms in total. The van der Waals surface area contributed by atoms with Crippen molar-refractivity contribution in [2.45, 2.75) is 0 Å². The normalized spacial score (nSPS) is 12.0. The number of benzene rings is 7. The summed E-state index contributed by atoms with van der Waals surface area (Å²) < 4.78 is 4.15. The first kappa shape index (κ1) is 22.3. The highest BCUT2D eigenvalue weighted by Crippen LogP contribution is 2.49. The summed E-state index contributed by atoms with van der Waals surface area (Å²) in [5.74, 6) is 0. The minimum Gasteiger partial charge on any atom is -0.142 e. The Kier molecular flexibility index (Phi) is 4.74. The third-order valence-electron chi connectivity index (χ3n) is 8.33. The van der Waals surface area contributed by atoms with Gasteiger partial charge in [0.15, 0.2) is 0 Å². The monoisotopic (exact) mass is 542 g/mol. The fourth-order valence-electron chi connectivity index (χ4n) is 6.54. The number of thiophene rings is 2. The van der Waals surface area contributed by atoms with Crippen LogP contribution in [0.4, 0.5) is 0 Å². The fourth-order valence-corrected chi connectivity index (χ4v) is 8.96. The van der Waals surface area contributed by atoms with Gasteiger partial charge in [-0.3, -0.25) is 0 Å². The first-order valence-electron chi connectivity index (χ1n) is 13.6. The maximum absolute atomic E-state index is 2.39. The molecule has 40 heavy (non-hydrogen) atoms. The lowest BCUT2D eigenvalue weighted by atomic mass is 9.85. The number of hydrogen-bond donors (Lipinski definition) is 0. The van der Waals surface area contributed by atoms with E-state index in [-0.39, 0.29) is 0 Å². The Morgan fingerprint density at radius 3 is 1.75 bits per heavy atom. The third-order valence-corrected chi connectivity index (χ3v) is 10.7. The highest BCUT2D eigenvalue weighted by molar-refractivity contribution is 7.30. The van der Waals surface area contributed by atoms with Gasteiger partial charge in [0.1, 0.15) is 0 Å². The van der Waals surface area contributed by atoms with Gasteiger partial charge in [-0.2, -0.15) is 0 Å². The molecule has 0 unspecified atom stereocenters. The minimum absolute atomic E-state index is 1.26. The molecule has 0 atom stereocenters. The van der Waals surface area contributed by atoms with Crippen molar-refractivity contribution in [3.63, 3.8) is 0 Å². The van der Waals surface area contributed by atoms with E-state index in [9.17, 15) is 0 Å². The van der Waals surface area contributed by atoms with E-state index in [2.05, 4.69) is 133 Å². The average Bonchev–Trinajstić information content (AvgIpc) is 3.61. The summed E-state index contributed by atoms with van der Waals surface area (Å²) in [6.45, 7) is 0. The van der Waals surface area contributed by atoms with Gasteiger partial charge in [0.25, 0.3) is 0 Å². The van der Waals surface area contributed by atoms with Gasteiger partial charge in [-0.25, -0.2) is 0 Å². The molecule has 9 rings (SSSR count). The van der Waals surface area contributed by atoms with E-state index in [1.54, 1.807) is 0 Å². The Hall–Kier alpha value is -4.50. The fraction of sp³-hybridized carbons (Fsp3) is 0. The first-order valence-corrected chi connectivity index (χ1v) is 15.3. The molecule has 0 N–H and O–H groups in total. The summed E-state index contributed by atoms with van der Waals surface area (Å²) in [6, 6.07) is 46.9. The Morgan fingerprint density at radius 2 is 1.00 bits per heavy atom. The molecule has 0 aliphatic carbocycles. The van der Waals surface area contributed by atoms with Gasteiger partial charge in [-0.05, 0) is 66.5 Å². The van der Waals surface area contributed by atoms with E-state index in [1.807, 2.05) is 22.7 Å². The quantitative estimate of drug-likeness (QED) is 0.191. The highest BCUT2D eigenvalue weighted by atomic mass is 32.1. The predicted octanol–water partition coefficient (Wildman–Crippen LogP) is 12.1. The van der Waals surface area contributed by atoms with Crippen molar-refractivity contribution >= 4 is 85.2 Å². The van der Waals surface area contributed by atoms with E-state index < -0.39 is 0 Å². The standard InChI is InChI=1S/C38H22S2/c1-2-10-24-21-25(18-17-23(24)9-1)35-27-12-3-5-14-29(27)36(30-15-6-4-13-28(30)35)33-22-39-37-32(33)20-19-31-26-11-7-8-16-34(26)40-38(31)37/h1-22H. The van der Waals surface area contributed by atoms with Crippen LogP contribution in [-0.2, 0) is 0 Å². The molecular formula is C38H22S2. The van der Waals surface area contributed by atoms with Gasteiger partial charge in [0, 0.05) is 26.4 Å². The van der Waals surface area contributed by atoms with Crippen LogP contribution in [0, 0.1) is 0 Å². The molecule has 7 aromatic carbocycles. The smallest absolute Gasteiger partial charge is 0.0533 e. The summed E-state index contributed by atoms with van der Waals surface area (Å²) in [4.78, 5) is 0. The summed E-state index contributed by atoms with van der Waals surface area (Å²) >= 11 is 3.80. The summed E-state index contributed by atoms with van der Waals surface area (Å²) in [6.07, 6.45) is 0. The molecule has 9 aromatic rings. The van der Waals surface area contributed by atoms with Crippen LogP contribution in [0.5, 0.6) is 0 Å². The Morgan fingerprint density at radius 1 is 0.400 bits per heavy atom. The second-order valence-corrected chi connectivity index (χ2v) is 12.4.